The summed E-state index contributed by atoms with van der Waals surface area (Å²) in [6, 6.07) is 0. The Labute approximate surface area is 63.2 Å². The molecule has 0 saturated heterocycles. The zero-order valence-electron chi connectivity index (χ0n) is 5.33. The molecule has 0 aliphatic carbocycles. The number of hydrogen-bond donors (Lipinski definition) is 2. The molecule has 6 heteroatoms. The molecule has 0 saturated carbocycles. The first-order valence-corrected chi connectivity index (χ1v) is 2.74. The molecule has 0 aromatic carbocycles. The summed E-state index contributed by atoms with van der Waals surface area (Å²) < 4.78 is 4.22. The predicted octanol–water partition coefficient (Wildman–Crippen LogP) is -1.02. The molecule has 0 fully saturated rings. The van der Waals surface area contributed by atoms with Crippen LogP contribution in [0.2, 0.25) is 0 Å². The lowest BCUT2D eigenvalue weighted by molar-refractivity contribution is -0.132. The highest BCUT2D eigenvalue weighted by Crippen LogP contribution is 1.65. The highest BCUT2D eigenvalue weighted by atomic mass is 32.1. The molecule has 0 aliphatic heterocycles. The summed E-state index contributed by atoms with van der Waals surface area (Å²) in [6.45, 7) is 0. The number of methoxy groups -OCH3 is 1. The second-order valence-electron chi connectivity index (χ2n) is 1.26. The number of ether oxygens (including phenoxy) is 1. The molecule has 10 heavy (non-hydrogen) atoms. The van der Waals surface area contributed by atoms with Crippen molar-refractivity contribution in [2.24, 2.45) is 10.8 Å². The number of nitrogens with zero attached hydrogens (tertiary/aromatic N) is 1. The Balaban J connectivity index is 3.56. The van der Waals surface area contributed by atoms with E-state index in [4.69, 9.17) is 5.73 Å². The van der Waals surface area contributed by atoms with Crippen molar-refractivity contribution in [3.05, 3.63) is 0 Å². The summed E-state index contributed by atoms with van der Waals surface area (Å²) in [4.78, 5) is 10.3. The van der Waals surface area contributed by atoms with E-state index in [9.17, 15) is 4.79 Å². The lowest BCUT2D eigenvalue weighted by Crippen LogP contribution is -2.24. The van der Waals surface area contributed by atoms with Crippen molar-refractivity contribution in [1.82, 2.24) is 5.43 Å². The Bertz CT molecular complexity index is 168. The molecular weight excluding hydrogens is 154 g/mol. The van der Waals surface area contributed by atoms with E-state index in [1.807, 2.05) is 0 Å². The third-order valence-corrected chi connectivity index (χ3v) is 0.637. The van der Waals surface area contributed by atoms with E-state index in [0.717, 1.165) is 6.21 Å². The van der Waals surface area contributed by atoms with Crippen molar-refractivity contribution in [3.8, 4) is 0 Å². The zero-order valence-corrected chi connectivity index (χ0v) is 6.14. The van der Waals surface area contributed by atoms with Gasteiger partial charge in [-0.1, -0.05) is 0 Å². The van der Waals surface area contributed by atoms with Gasteiger partial charge in [0.25, 0.3) is 0 Å². The van der Waals surface area contributed by atoms with Crippen molar-refractivity contribution in [1.29, 1.82) is 0 Å². The highest BCUT2D eigenvalue weighted by Gasteiger charge is 1.89. The number of hydrazone groups is 1. The maximum atomic E-state index is 10.3. The summed E-state index contributed by atoms with van der Waals surface area (Å²) in [6.07, 6.45) is 0.930. The lowest BCUT2D eigenvalue weighted by atomic mass is 10.8. The number of carbonyl (C=O) groups is 1. The Morgan fingerprint density at radius 3 is 2.90 bits per heavy atom. The Kier molecular flexibility index (Phi) is 4.14. The van der Waals surface area contributed by atoms with Gasteiger partial charge in [0, 0.05) is 0 Å². The van der Waals surface area contributed by atoms with E-state index >= 15 is 0 Å². The maximum absolute atomic E-state index is 10.3. The van der Waals surface area contributed by atoms with Gasteiger partial charge in [0.1, 0.15) is 6.21 Å². The van der Waals surface area contributed by atoms with E-state index in [-0.39, 0.29) is 5.11 Å². The van der Waals surface area contributed by atoms with Gasteiger partial charge in [0.05, 0.1) is 7.11 Å². The largest absolute Gasteiger partial charge is 0.465 e. The number of thiocarbonyl (C=S) groups is 1. The standard InChI is InChI=1S/C4H7N3O2S/c1-9-3(8)2-6-7-4(5)10/h2H,1H3,(H3,5,7,10)/b6-2+. The maximum Gasteiger partial charge on any atom is 0.350 e. The van der Waals surface area contributed by atoms with Crippen molar-refractivity contribution >= 4 is 29.5 Å². The van der Waals surface area contributed by atoms with Crippen LogP contribution >= 0.6 is 12.2 Å². The van der Waals surface area contributed by atoms with Crippen LogP contribution in [0.15, 0.2) is 5.10 Å². The van der Waals surface area contributed by atoms with Crippen molar-refractivity contribution in [2.45, 2.75) is 0 Å². The van der Waals surface area contributed by atoms with E-state index in [1.54, 1.807) is 0 Å². The van der Waals surface area contributed by atoms with Gasteiger partial charge in [-0.25, -0.2) is 4.79 Å². The smallest absolute Gasteiger partial charge is 0.350 e. The van der Waals surface area contributed by atoms with E-state index in [2.05, 4.69) is 27.5 Å². The summed E-state index contributed by atoms with van der Waals surface area (Å²) >= 11 is 4.38. The summed E-state index contributed by atoms with van der Waals surface area (Å²) in [7, 11) is 1.25. The fraction of sp³-hybridized carbons (Fsp3) is 0.250. The zero-order chi connectivity index (χ0) is 7.98. The monoisotopic (exact) mass is 161 g/mol. The molecule has 56 valence electrons. The first-order valence-electron chi connectivity index (χ1n) is 2.33. The molecule has 0 rings (SSSR count). The minimum absolute atomic E-state index is 0.000142. The van der Waals surface area contributed by atoms with Crippen molar-refractivity contribution in [3.63, 3.8) is 0 Å². The lowest BCUT2D eigenvalue weighted by Gasteiger charge is -1.92. The second kappa shape index (κ2) is 4.68. The van der Waals surface area contributed by atoms with Crippen LogP contribution in [0.5, 0.6) is 0 Å². The average Bonchev–Trinajstić information content (AvgIpc) is 1.87. The van der Waals surface area contributed by atoms with Gasteiger partial charge in [0.15, 0.2) is 5.11 Å². The Morgan fingerprint density at radius 1 is 1.90 bits per heavy atom. The van der Waals surface area contributed by atoms with Crippen LogP contribution in [0.25, 0.3) is 0 Å². The minimum atomic E-state index is -0.566. The molecule has 5 nitrogen and oxygen atoms in total. The molecule has 0 radical (unpaired) electrons. The van der Waals surface area contributed by atoms with Gasteiger partial charge in [0.2, 0.25) is 0 Å². The molecule has 0 aliphatic rings. The number of esters is 1. The van der Waals surface area contributed by atoms with E-state index < -0.39 is 5.97 Å². The molecule has 0 atom stereocenters. The van der Waals surface area contributed by atoms with Crippen LogP contribution < -0.4 is 11.2 Å². The summed E-state index contributed by atoms with van der Waals surface area (Å²) in [5, 5.41) is 3.33. The van der Waals surface area contributed by atoms with Gasteiger partial charge >= 0.3 is 5.97 Å². The normalized spacial score (nSPS) is 9.30. The molecular formula is C4H7N3O2S. The molecule has 0 aromatic heterocycles. The quantitative estimate of drug-likeness (QED) is 0.234. The van der Waals surface area contributed by atoms with Gasteiger partial charge in [-0.2, -0.15) is 5.10 Å². The van der Waals surface area contributed by atoms with Crippen LogP contribution in [0, 0.1) is 0 Å². The third-order valence-electron chi connectivity index (χ3n) is 0.546. The number of hydrogen-bond acceptors (Lipinski definition) is 4. The number of carbonyl (C=O) groups excluding carboxylic acids is 1. The van der Waals surface area contributed by atoms with Gasteiger partial charge in [-0.15, -0.1) is 0 Å². The average molecular weight is 161 g/mol. The van der Waals surface area contributed by atoms with Crippen molar-refractivity contribution < 1.29 is 9.53 Å². The molecule has 0 heterocycles. The summed E-state index contributed by atoms with van der Waals surface area (Å²) in [5.41, 5.74) is 7.16. The highest BCUT2D eigenvalue weighted by molar-refractivity contribution is 7.80. The molecule has 0 amide bonds. The van der Waals surface area contributed by atoms with E-state index in [0.29, 0.717) is 0 Å². The van der Waals surface area contributed by atoms with Crippen LogP contribution in [-0.2, 0) is 9.53 Å². The first-order chi connectivity index (χ1) is 4.66. The minimum Gasteiger partial charge on any atom is -0.465 e. The number of rotatable bonds is 2. The number of nitrogens with two attached hydrogens (primary N) is 1. The number of nitrogens with one attached hydrogen (secondary N) is 1. The SMILES string of the molecule is COC(=O)/C=N/NC(N)=S. The van der Waals surface area contributed by atoms with Crippen LogP contribution in [0.3, 0.4) is 0 Å². The molecule has 0 unspecified atom stereocenters. The Hall–Kier alpha value is -1.17. The molecule has 0 bridgehead atoms. The first kappa shape index (κ1) is 8.83. The van der Waals surface area contributed by atoms with Gasteiger partial charge in [-0.3, -0.25) is 5.43 Å². The summed E-state index contributed by atoms with van der Waals surface area (Å²) in [5.74, 6) is -0.566. The third kappa shape index (κ3) is 4.98. The van der Waals surface area contributed by atoms with Crippen LogP contribution in [0.4, 0.5) is 0 Å². The molecule has 0 aromatic rings. The fourth-order valence-electron chi connectivity index (χ4n) is 0.201. The van der Waals surface area contributed by atoms with E-state index in [1.165, 1.54) is 7.11 Å². The van der Waals surface area contributed by atoms with Crippen LogP contribution in [0.1, 0.15) is 0 Å². The molecule has 3 N–H and O–H groups in total. The fourth-order valence-corrected chi connectivity index (χ4v) is 0.254. The van der Waals surface area contributed by atoms with Crippen LogP contribution in [-0.4, -0.2) is 24.4 Å². The van der Waals surface area contributed by atoms with Gasteiger partial charge in [-0.05, 0) is 12.2 Å². The Morgan fingerprint density at radius 2 is 2.50 bits per heavy atom. The van der Waals surface area contributed by atoms with Crippen molar-refractivity contribution in [2.75, 3.05) is 7.11 Å². The topological polar surface area (TPSA) is 76.7 Å². The predicted molar refractivity (Wildman–Crippen MR) is 40.4 cm³/mol. The molecule has 0 spiro atoms. The van der Waals surface area contributed by atoms with Gasteiger partial charge < -0.3 is 10.5 Å². The second-order valence-corrected chi connectivity index (χ2v) is 1.70.